The second kappa shape index (κ2) is 5.06. The van der Waals surface area contributed by atoms with Gasteiger partial charge in [0.1, 0.15) is 6.61 Å². The fourth-order valence-electron chi connectivity index (χ4n) is 1.50. The predicted octanol–water partition coefficient (Wildman–Crippen LogP) is 3.40. The van der Waals surface area contributed by atoms with E-state index in [4.69, 9.17) is 16.3 Å². The van der Waals surface area contributed by atoms with Gasteiger partial charge in [0, 0.05) is 16.8 Å². The molecule has 2 aromatic rings. The molecule has 0 fully saturated rings. The normalized spacial score (nSPS) is 10.2. The van der Waals surface area contributed by atoms with E-state index in [0.717, 1.165) is 11.4 Å². The van der Waals surface area contributed by atoms with Crippen LogP contribution in [0.5, 0.6) is 5.88 Å². The molecule has 0 aliphatic carbocycles. The summed E-state index contributed by atoms with van der Waals surface area (Å²) < 4.78 is 7.20. The largest absolute Gasteiger partial charge is 0.472 e. The number of benzene rings is 1. The van der Waals surface area contributed by atoms with Crippen molar-refractivity contribution in [2.24, 2.45) is 0 Å². The van der Waals surface area contributed by atoms with Crippen molar-refractivity contribution in [3.8, 4) is 11.6 Å². The number of nitrogens with zero attached hydrogens (tertiary/aromatic N) is 2. The topological polar surface area (TPSA) is 27.1 Å². The van der Waals surface area contributed by atoms with Gasteiger partial charge in [-0.05, 0) is 31.2 Å². The van der Waals surface area contributed by atoms with Crippen molar-refractivity contribution in [2.75, 3.05) is 6.61 Å². The van der Waals surface area contributed by atoms with Gasteiger partial charge in [0.25, 0.3) is 0 Å². The summed E-state index contributed by atoms with van der Waals surface area (Å²) in [5.74, 6) is 0.595. The molecular formula is C13H13ClN2O. The lowest BCUT2D eigenvalue weighted by Crippen LogP contribution is -1.99. The van der Waals surface area contributed by atoms with Gasteiger partial charge in [0.2, 0.25) is 5.88 Å². The number of ether oxygens (including phenoxy) is 1. The number of hydrogen-bond acceptors (Lipinski definition) is 2. The summed E-state index contributed by atoms with van der Waals surface area (Å²) in [6.07, 6.45) is 1.69. The highest BCUT2D eigenvalue weighted by molar-refractivity contribution is 6.30. The molecule has 1 heterocycles. The SMILES string of the molecule is C=CCOc1cc(C)n(-c2ccc(Cl)cc2)n1. The first-order chi connectivity index (χ1) is 8.20. The number of aromatic nitrogens is 2. The lowest BCUT2D eigenvalue weighted by atomic mass is 10.3. The molecule has 1 aromatic carbocycles. The molecule has 0 saturated carbocycles. The van der Waals surface area contributed by atoms with E-state index in [9.17, 15) is 0 Å². The number of aryl methyl sites for hydroxylation is 1. The Balaban J connectivity index is 2.29. The van der Waals surface area contributed by atoms with E-state index in [1.54, 1.807) is 6.08 Å². The molecule has 0 atom stereocenters. The van der Waals surface area contributed by atoms with Crippen molar-refractivity contribution < 1.29 is 4.74 Å². The van der Waals surface area contributed by atoms with Crippen molar-refractivity contribution >= 4 is 11.6 Å². The van der Waals surface area contributed by atoms with Crippen LogP contribution in [0.2, 0.25) is 5.02 Å². The van der Waals surface area contributed by atoms with E-state index in [1.807, 2.05) is 41.9 Å². The van der Waals surface area contributed by atoms with Gasteiger partial charge in [0.05, 0.1) is 5.69 Å². The molecule has 0 radical (unpaired) electrons. The molecule has 0 N–H and O–H groups in total. The van der Waals surface area contributed by atoms with Gasteiger partial charge < -0.3 is 4.74 Å². The first-order valence-corrected chi connectivity index (χ1v) is 5.65. The van der Waals surface area contributed by atoms with E-state index in [1.165, 1.54) is 0 Å². The quantitative estimate of drug-likeness (QED) is 0.776. The predicted molar refractivity (Wildman–Crippen MR) is 69.0 cm³/mol. The van der Waals surface area contributed by atoms with E-state index in [2.05, 4.69) is 11.7 Å². The molecule has 2 rings (SSSR count). The summed E-state index contributed by atoms with van der Waals surface area (Å²) in [5, 5.41) is 5.06. The van der Waals surface area contributed by atoms with Crippen LogP contribution in [0.3, 0.4) is 0 Å². The van der Waals surface area contributed by atoms with Crippen LogP contribution in [0.15, 0.2) is 43.0 Å². The van der Waals surface area contributed by atoms with E-state index < -0.39 is 0 Å². The van der Waals surface area contributed by atoms with Crippen LogP contribution in [-0.4, -0.2) is 16.4 Å². The Bertz CT molecular complexity index is 517. The maximum atomic E-state index is 5.85. The molecule has 4 heteroatoms. The zero-order valence-electron chi connectivity index (χ0n) is 9.56. The van der Waals surface area contributed by atoms with Crippen LogP contribution < -0.4 is 4.74 Å². The van der Waals surface area contributed by atoms with Crippen LogP contribution in [0.4, 0.5) is 0 Å². The van der Waals surface area contributed by atoms with Crippen LogP contribution in [0.25, 0.3) is 5.69 Å². The highest BCUT2D eigenvalue weighted by atomic mass is 35.5. The molecule has 0 bridgehead atoms. The third-order valence-corrected chi connectivity index (χ3v) is 2.54. The highest BCUT2D eigenvalue weighted by Crippen LogP contribution is 2.18. The second-order valence-corrected chi connectivity index (χ2v) is 4.05. The summed E-state index contributed by atoms with van der Waals surface area (Å²) in [4.78, 5) is 0. The molecule has 0 spiro atoms. The van der Waals surface area contributed by atoms with Gasteiger partial charge in [0.15, 0.2) is 0 Å². The minimum Gasteiger partial charge on any atom is -0.472 e. The Morgan fingerprint density at radius 3 is 2.76 bits per heavy atom. The minimum absolute atomic E-state index is 0.455. The highest BCUT2D eigenvalue weighted by Gasteiger charge is 2.06. The van der Waals surface area contributed by atoms with Gasteiger partial charge >= 0.3 is 0 Å². The zero-order valence-corrected chi connectivity index (χ0v) is 10.3. The van der Waals surface area contributed by atoms with Crippen molar-refractivity contribution in [2.45, 2.75) is 6.92 Å². The standard InChI is InChI=1S/C13H13ClN2O/c1-3-8-17-13-9-10(2)16(15-13)12-6-4-11(14)5-7-12/h3-7,9H,1,8H2,2H3. The average molecular weight is 249 g/mol. The van der Waals surface area contributed by atoms with Crippen LogP contribution in [-0.2, 0) is 0 Å². The molecule has 88 valence electrons. The van der Waals surface area contributed by atoms with Gasteiger partial charge in [-0.1, -0.05) is 24.3 Å². The Morgan fingerprint density at radius 2 is 2.12 bits per heavy atom. The van der Waals surface area contributed by atoms with Crippen LogP contribution in [0, 0.1) is 6.92 Å². The zero-order chi connectivity index (χ0) is 12.3. The van der Waals surface area contributed by atoms with Crippen molar-refractivity contribution in [3.63, 3.8) is 0 Å². The molecule has 0 aliphatic rings. The summed E-state index contributed by atoms with van der Waals surface area (Å²) >= 11 is 5.85. The molecular weight excluding hydrogens is 236 g/mol. The molecule has 0 aliphatic heterocycles. The minimum atomic E-state index is 0.455. The smallest absolute Gasteiger partial charge is 0.233 e. The second-order valence-electron chi connectivity index (χ2n) is 3.61. The average Bonchev–Trinajstić information content (AvgIpc) is 2.69. The molecule has 0 amide bonds. The van der Waals surface area contributed by atoms with E-state index in [0.29, 0.717) is 17.5 Å². The summed E-state index contributed by atoms with van der Waals surface area (Å²) in [6.45, 7) is 6.03. The molecule has 1 aromatic heterocycles. The number of hydrogen-bond donors (Lipinski definition) is 0. The van der Waals surface area contributed by atoms with Gasteiger partial charge in [-0.25, -0.2) is 4.68 Å². The number of rotatable bonds is 4. The maximum absolute atomic E-state index is 5.85. The summed E-state index contributed by atoms with van der Waals surface area (Å²) in [7, 11) is 0. The van der Waals surface area contributed by atoms with Gasteiger partial charge in [-0.15, -0.1) is 5.10 Å². The first kappa shape index (κ1) is 11.7. The fourth-order valence-corrected chi connectivity index (χ4v) is 1.63. The van der Waals surface area contributed by atoms with Crippen molar-refractivity contribution in [3.05, 3.63) is 53.7 Å². The maximum Gasteiger partial charge on any atom is 0.233 e. The Morgan fingerprint density at radius 1 is 1.41 bits per heavy atom. The van der Waals surface area contributed by atoms with Crippen molar-refractivity contribution in [1.29, 1.82) is 0 Å². The van der Waals surface area contributed by atoms with Crippen molar-refractivity contribution in [1.82, 2.24) is 9.78 Å². The van der Waals surface area contributed by atoms with E-state index in [-0.39, 0.29) is 0 Å². The lowest BCUT2D eigenvalue weighted by Gasteiger charge is -2.03. The molecule has 17 heavy (non-hydrogen) atoms. The van der Waals surface area contributed by atoms with Crippen LogP contribution >= 0.6 is 11.6 Å². The Labute approximate surface area is 105 Å². The molecule has 0 saturated heterocycles. The third kappa shape index (κ3) is 2.68. The monoisotopic (exact) mass is 248 g/mol. The van der Waals surface area contributed by atoms with Gasteiger partial charge in [-0.2, -0.15) is 0 Å². The Hall–Kier alpha value is -1.74. The van der Waals surface area contributed by atoms with Gasteiger partial charge in [-0.3, -0.25) is 0 Å². The summed E-state index contributed by atoms with van der Waals surface area (Å²) in [5.41, 5.74) is 1.96. The fraction of sp³-hybridized carbons (Fsp3) is 0.154. The van der Waals surface area contributed by atoms with E-state index >= 15 is 0 Å². The molecule has 3 nitrogen and oxygen atoms in total. The van der Waals surface area contributed by atoms with Crippen LogP contribution in [0.1, 0.15) is 5.69 Å². The Kier molecular flexibility index (Phi) is 3.49. The first-order valence-electron chi connectivity index (χ1n) is 5.27. The molecule has 0 unspecified atom stereocenters. The lowest BCUT2D eigenvalue weighted by molar-refractivity contribution is 0.346. The third-order valence-electron chi connectivity index (χ3n) is 2.29. The number of halogens is 1. The summed E-state index contributed by atoms with van der Waals surface area (Å²) in [6, 6.07) is 9.39.